The highest BCUT2D eigenvalue weighted by Gasteiger charge is 2.40. The molecule has 2 atom stereocenters. The van der Waals surface area contributed by atoms with Gasteiger partial charge in [-0.25, -0.2) is 0 Å². The van der Waals surface area contributed by atoms with Crippen molar-refractivity contribution in [2.45, 2.75) is 52.9 Å². The van der Waals surface area contributed by atoms with Crippen LogP contribution in [0.15, 0.2) is 0 Å². The van der Waals surface area contributed by atoms with E-state index in [0.29, 0.717) is 6.61 Å². The van der Waals surface area contributed by atoms with Gasteiger partial charge in [-0.3, -0.25) is 4.79 Å². The van der Waals surface area contributed by atoms with E-state index in [2.05, 4.69) is 13.8 Å². The summed E-state index contributed by atoms with van der Waals surface area (Å²) in [5, 5.41) is 0. The Bertz CT molecular complexity index is 200. The van der Waals surface area contributed by atoms with E-state index in [4.69, 9.17) is 4.74 Å². The van der Waals surface area contributed by atoms with E-state index in [1.807, 2.05) is 6.92 Å². The highest BCUT2D eigenvalue weighted by molar-refractivity contribution is 5.73. The fraction of sp³-hybridized carbons (Fsp3) is 0.917. The van der Waals surface area contributed by atoms with Crippen molar-refractivity contribution < 1.29 is 9.53 Å². The molecule has 1 unspecified atom stereocenters. The van der Waals surface area contributed by atoms with Crippen LogP contribution in [0.5, 0.6) is 0 Å². The molecule has 2 heteroatoms. The third kappa shape index (κ3) is 2.28. The summed E-state index contributed by atoms with van der Waals surface area (Å²) in [4.78, 5) is 11.8. The van der Waals surface area contributed by atoms with E-state index in [0.717, 1.165) is 12.8 Å². The number of ether oxygens (including phenoxy) is 1. The minimum Gasteiger partial charge on any atom is -0.466 e. The fourth-order valence-corrected chi connectivity index (χ4v) is 2.47. The van der Waals surface area contributed by atoms with Crippen LogP contribution in [0.4, 0.5) is 0 Å². The van der Waals surface area contributed by atoms with Gasteiger partial charge in [0, 0.05) is 0 Å². The molecular weight excluding hydrogens is 176 g/mol. The zero-order valence-electron chi connectivity index (χ0n) is 9.64. The summed E-state index contributed by atoms with van der Waals surface area (Å²) in [6.07, 6.45) is 5.71. The maximum Gasteiger partial charge on any atom is 0.309 e. The van der Waals surface area contributed by atoms with Crippen LogP contribution in [-0.4, -0.2) is 12.6 Å². The predicted octanol–water partition coefficient (Wildman–Crippen LogP) is 3.16. The molecule has 1 rings (SSSR count). The molecule has 0 aromatic carbocycles. The van der Waals surface area contributed by atoms with Crippen molar-refractivity contribution in [3.05, 3.63) is 0 Å². The molecule has 1 aliphatic carbocycles. The van der Waals surface area contributed by atoms with Gasteiger partial charge in [-0.2, -0.15) is 0 Å². The molecule has 1 fully saturated rings. The van der Waals surface area contributed by atoms with Crippen LogP contribution in [0.25, 0.3) is 0 Å². The van der Waals surface area contributed by atoms with Crippen LogP contribution in [-0.2, 0) is 9.53 Å². The van der Waals surface area contributed by atoms with E-state index in [9.17, 15) is 4.79 Å². The second-order valence-corrected chi connectivity index (χ2v) is 4.56. The summed E-state index contributed by atoms with van der Waals surface area (Å²) in [5.74, 6) is 0.165. The van der Waals surface area contributed by atoms with E-state index < -0.39 is 0 Å². The van der Waals surface area contributed by atoms with Crippen molar-refractivity contribution in [2.24, 2.45) is 11.3 Å². The van der Waals surface area contributed by atoms with Crippen LogP contribution in [0.2, 0.25) is 0 Å². The predicted molar refractivity (Wildman–Crippen MR) is 57.0 cm³/mol. The van der Waals surface area contributed by atoms with Gasteiger partial charge in [-0.1, -0.05) is 26.7 Å². The molecule has 1 aliphatic rings. The van der Waals surface area contributed by atoms with E-state index in [1.54, 1.807) is 0 Å². The van der Waals surface area contributed by atoms with Crippen molar-refractivity contribution in [1.82, 2.24) is 0 Å². The Kier molecular flexibility index (Phi) is 3.97. The third-order valence-corrected chi connectivity index (χ3v) is 3.71. The van der Waals surface area contributed by atoms with Gasteiger partial charge in [0.05, 0.1) is 12.5 Å². The molecule has 0 aromatic heterocycles. The van der Waals surface area contributed by atoms with Crippen molar-refractivity contribution in [3.8, 4) is 0 Å². The van der Waals surface area contributed by atoms with Gasteiger partial charge in [0.2, 0.25) is 0 Å². The molecule has 0 aromatic rings. The van der Waals surface area contributed by atoms with Crippen LogP contribution >= 0.6 is 0 Å². The summed E-state index contributed by atoms with van der Waals surface area (Å²) >= 11 is 0. The molecule has 0 aliphatic heterocycles. The zero-order chi connectivity index (χ0) is 10.6. The Labute approximate surface area is 87.0 Å². The quantitative estimate of drug-likeness (QED) is 0.651. The molecule has 0 amide bonds. The first-order valence-corrected chi connectivity index (χ1v) is 5.80. The summed E-state index contributed by atoms with van der Waals surface area (Å²) in [5.41, 5.74) is 0.185. The minimum absolute atomic E-state index is 0.0246. The second-order valence-electron chi connectivity index (χ2n) is 4.56. The SMILES string of the molecule is CCOC(=O)[C@@H]1CCCCC1(C)CC. The lowest BCUT2D eigenvalue weighted by Crippen LogP contribution is -2.37. The summed E-state index contributed by atoms with van der Waals surface area (Å²) < 4.78 is 5.14. The van der Waals surface area contributed by atoms with Gasteiger partial charge in [0.25, 0.3) is 0 Å². The average molecular weight is 198 g/mol. The lowest BCUT2D eigenvalue weighted by Gasteiger charge is -2.39. The molecule has 82 valence electrons. The molecule has 0 saturated heterocycles. The maximum atomic E-state index is 11.8. The molecule has 0 heterocycles. The molecule has 0 radical (unpaired) electrons. The Morgan fingerprint density at radius 3 is 2.71 bits per heavy atom. The Morgan fingerprint density at radius 2 is 2.14 bits per heavy atom. The number of carbonyl (C=O) groups excluding carboxylic acids is 1. The van der Waals surface area contributed by atoms with Gasteiger partial charge in [-0.05, 0) is 31.6 Å². The van der Waals surface area contributed by atoms with Crippen molar-refractivity contribution in [2.75, 3.05) is 6.61 Å². The Hall–Kier alpha value is -0.530. The third-order valence-electron chi connectivity index (χ3n) is 3.71. The largest absolute Gasteiger partial charge is 0.466 e. The lowest BCUT2D eigenvalue weighted by atomic mass is 9.66. The number of carbonyl (C=O) groups is 1. The van der Waals surface area contributed by atoms with Crippen LogP contribution in [0, 0.1) is 11.3 Å². The number of hydrogen-bond acceptors (Lipinski definition) is 2. The monoisotopic (exact) mass is 198 g/mol. The summed E-state index contributed by atoms with van der Waals surface area (Å²) in [6, 6.07) is 0. The maximum absolute atomic E-state index is 11.8. The second kappa shape index (κ2) is 4.81. The molecule has 1 saturated carbocycles. The van der Waals surface area contributed by atoms with Gasteiger partial charge < -0.3 is 4.74 Å². The molecule has 2 nitrogen and oxygen atoms in total. The summed E-state index contributed by atoms with van der Waals surface area (Å²) in [6.45, 7) is 6.80. The van der Waals surface area contributed by atoms with Gasteiger partial charge in [-0.15, -0.1) is 0 Å². The zero-order valence-corrected chi connectivity index (χ0v) is 9.64. The van der Waals surface area contributed by atoms with E-state index in [1.165, 1.54) is 19.3 Å². The topological polar surface area (TPSA) is 26.3 Å². The van der Waals surface area contributed by atoms with Crippen LogP contribution in [0.3, 0.4) is 0 Å². The number of esters is 1. The molecule has 0 spiro atoms. The minimum atomic E-state index is 0.0246. The van der Waals surface area contributed by atoms with Crippen molar-refractivity contribution in [1.29, 1.82) is 0 Å². The van der Waals surface area contributed by atoms with Crippen molar-refractivity contribution >= 4 is 5.97 Å². The lowest BCUT2D eigenvalue weighted by molar-refractivity contribution is -0.154. The Balaban J connectivity index is 2.67. The number of rotatable bonds is 3. The van der Waals surface area contributed by atoms with Gasteiger partial charge >= 0.3 is 5.97 Å². The van der Waals surface area contributed by atoms with E-state index >= 15 is 0 Å². The average Bonchev–Trinajstić information content (AvgIpc) is 2.19. The normalized spacial score (nSPS) is 32.6. The first-order valence-electron chi connectivity index (χ1n) is 5.80. The summed E-state index contributed by atoms with van der Waals surface area (Å²) in [7, 11) is 0. The smallest absolute Gasteiger partial charge is 0.309 e. The first kappa shape index (κ1) is 11.5. The van der Waals surface area contributed by atoms with Gasteiger partial charge in [0.1, 0.15) is 0 Å². The molecule has 0 N–H and O–H groups in total. The first-order chi connectivity index (χ1) is 6.64. The van der Waals surface area contributed by atoms with E-state index in [-0.39, 0.29) is 17.3 Å². The Morgan fingerprint density at radius 1 is 1.43 bits per heavy atom. The molecule has 14 heavy (non-hydrogen) atoms. The molecular formula is C12H22O2. The van der Waals surface area contributed by atoms with Crippen molar-refractivity contribution in [3.63, 3.8) is 0 Å². The van der Waals surface area contributed by atoms with Gasteiger partial charge in [0.15, 0.2) is 0 Å². The fourth-order valence-electron chi connectivity index (χ4n) is 2.47. The number of hydrogen-bond donors (Lipinski definition) is 0. The standard InChI is InChI=1S/C12H22O2/c1-4-12(3)9-7-6-8-10(12)11(13)14-5-2/h10H,4-9H2,1-3H3/t10-,12?/m0/s1. The molecule has 0 bridgehead atoms. The highest BCUT2D eigenvalue weighted by Crippen LogP contribution is 2.43. The van der Waals surface area contributed by atoms with Crippen LogP contribution < -0.4 is 0 Å². The highest BCUT2D eigenvalue weighted by atomic mass is 16.5. The van der Waals surface area contributed by atoms with Crippen LogP contribution in [0.1, 0.15) is 52.9 Å².